The molecule has 1 unspecified atom stereocenters. The monoisotopic (exact) mass is 300 g/mol. The standard InChI is InChI=1S/C14H21FN2O2S/c1-10(8-18)17(2)14(19)16-7-11-4-5-13(15)6-12(11)9-20-3/h4-6,10,18H,7-9H2,1-3H3,(H,16,19). The first-order chi connectivity index (χ1) is 9.49. The summed E-state index contributed by atoms with van der Waals surface area (Å²) in [7, 11) is 1.63. The highest BCUT2D eigenvalue weighted by Gasteiger charge is 2.14. The van der Waals surface area contributed by atoms with E-state index in [4.69, 9.17) is 5.11 Å². The number of hydrogen-bond acceptors (Lipinski definition) is 3. The van der Waals surface area contributed by atoms with E-state index in [1.54, 1.807) is 31.8 Å². The van der Waals surface area contributed by atoms with Crippen LogP contribution in [0.3, 0.4) is 0 Å². The Morgan fingerprint density at radius 1 is 1.50 bits per heavy atom. The highest BCUT2D eigenvalue weighted by molar-refractivity contribution is 7.97. The fourth-order valence-corrected chi connectivity index (χ4v) is 2.25. The minimum atomic E-state index is -0.268. The van der Waals surface area contributed by atoms with Gasteiger partial charge in [0.05, 0.1) is 12.6 Å². The van der Waals surface area contributed by atoms with Crippen molar-refractivity contribution in [3.05, 3.63) is 35.1 Å². The van der Waals surface area contributed by atoms with Gasteiger partial charge in [-0.3, -0.25) is 0 Å². The van der Waals surface area contributed by atoms with Crippen LogP contribution in [0.25, 0.3) is 0 Å². The molecule has 1 atom stereocenters. The van der Waals surface area contributed by atoms with E-state index < -0.39 is 0 Å². The zero-order valence-corrected chi connectivity index (χ0v) is 12.8. The second kappa shape index (κ2) is 8.11. The number of carbonyl (C=O) groups is 1. The first-order valence-corrected chi connectivity index (χ1v) is 7.76. The summed E-state index contributed by atoms with van der Waals surface area (Å²) in [6.45, 7) is 2.02. The van der Waals surface area contributed by atoms with Gasteiger partial charge in [-0.2, -0.15) is 11.8 Å². The third-order valence-electron chi connectivity index (χ3n) is 3.14. The van der Waals surface area contributed by atoms with Crippen molar-refractivity contribution in [3.8, 4) is 0 Å². The molecular weight excluding hydrogens is 279 g/mol. The number of nitrogens with zero attached hydrogens (tertiary/aromatic N) is 1. The molecule has 0 saturated carbocycles. The number of nitrogens with one attached hydrogen (secondary N) is 1. The molecule has 0 bridgehead atoms. The van der Waals surface area contributed by atoms with Gasteiger partial charge in [0.1, 0.15) is 5.82 Å². The summed E-state index contributed by atoms with van der Waals surface area (Å²) in [6, 6.07) is 4.08. The van der Waals surface area contributed by atoms with Crippen molar-refractivity contribution in [3.63, 3.8) is 0 Å². The third-order valence-corrected chi connectivity index (χ3v) is 3.74. The Morgan fingerprint density at radius 2 is 2.20 bits per heavy atom. The quantitative estimate of drug-likeness (QED) is 0.847. The number of likely N-dealkylation sites (N-methyl/N-ethyl adjacent to an activating group) is 1. The van der Waals surface area contributed by atoms with Crippen LogP contribution < -0.4 is 5.32 Å². The van der Waals surface area contributed by atoms with Crippen molar-refractivity contribution >= 4 is 17.8 Å². The number of hydrogen-bond donors (Lipinski definition) is 2. The molecule has 0 radical (unpaired) electrons. The summed E-state index contributed by atoms with van der Waals surface area (Å²) in [5.74, 6) is 0.432. The normalized spacial score (nSPS) is 12.1. The number of carbonyl (C=O) groups excluding carboxylic acids is 1. The number of halogens is 1. The third kappa shape index (κ3) is 4.68. The van der Waals surface area contributed by atoms with Crippen LogP contribution >= 0.6 is 11.8 Å². The smallest absolute Gasteiger partial charge is 0.317 e. The van der Waals surface area contributed by atoms with E-state index >= 15 is 0 Å². The molecule has 2 N–H and O–H groups in total. The minimum Gasteiger partial charge on any atom is -0.394 e. The lowest BCUT2D eigenvalue weighted by atomic mass is 10.1. The van der Waals surface area contributed by atoms with E-state index in [2.05, 4.69) is 5.32 Å². The van der Waals surface area contributed by atoms with Crippen molar-refractivity contribution in [2.24, 2.45) is 0 Å². The number of thioether (sulfide) groups is 1. The maximum Gasteiger partial charge on any atom is 0.317 e. The van der Waals surface area contributed by atoms with E-state index in [1.165, 1.54) is 17.0 Å². The first kappa shape index (κ1) is 16.8. The van der Waals surface area contributed by atoms with Crippen LogP contribution in [-0.2, 0) is 12.3 Å². The molecule has 0 aliphatic rings. The topological polar surface area (TPSA) is 52.6 Å². The van der Waals surface area contributed by atoms with Gasteiger partial charge in [-0.25, -0.2) is 9.18 Å². The average Bonchev–Trinajstić information content (AvgIpc) is 2.44. The molecule has 0 fully saturated rings. The van der Waals surface area contributed by atoms with Crippen molar-refractivity contribution in [1.82, 2.24) is 10.2 Å². The molecule has 0 aliphatic heterocycles. The first-order valence-electron chi connectivity index (χ1n) is 6.37. The molecule has 1 aromatic rings. The number of aliphatic hydroxyl groups is 1. The van der Waals surface area contributed by atoms with Gasteiger partial charge in [-0.1, -0.05) is 6.07 Å². The largest absolute Gasteiger partial charge is 0.394 e. The molecule has 112 valence electrons. The molecule has 0 aromatic heterocycles. The van der Waals surface area contributed by atoms with Crippen LogP contribution in [0, 0.1) is 5.82 Å². The van der Waals surface area contributed by atoms with E-state index in [9.17, 15) is 9.18 Å². The van der Waals surface area contributed by atoms with Gasteiger partial charge >= 0.3 is 6.03 Å². The SMILES string of the molecule is CSCc1cc(F)ccc1CNC(=O)N(C)C(C)CO. The Morgan fingerprint density at radius 3 is 2.80 bits per heavy atom. The summed E-state index contributed by atoms with van der Waals surface area (Å²) in [5, 5.41) is 11.8. The zero-order valence-electron chi connectivity index (χ0n) is 12.0. The van der Waals surface area contributed by atoms with Gasteiger partial charge in [0.25, 0.3) is 0 Å². The Labute approximate surface area is 123 Å². The molecule has 2 amide bonds. The number of urea groups is 1. The van der Waals surface area contributed by atoms with Gasteiger partial charge in [0, 0.05) is 19.3 Å². The average molecular weight is 300 g/mol. The van der Waals surface area contributed by atoms with Gasteiger partial charge in [0.15, 0.2) is 0 Å². The van der Waals surface area contributed by atoms with Gasteiger partial charge in [-0.05, 0) is 36.4 Å². The van der Waals surface area contributed by atoms with Crippen LogP contribution in [0.1, 0.15) is 18.1 Å². The number of aliphatic hydroxyl groups excluding tert-OH is 1. The van der Waals surface area contributed by atoms with Crippen LogP contribution in [0.4, 0.5) is 9.18 Å². The molecule has 0 heterocycles. The fraction of sp³-hybridized carbons (Fsp3) is 0.500. The predicted molar refractivity (Wildman–Crippen MR) is 80.2 cm³/mol. The van der Waals surface area contributed by atoms with Crippen LogP contribution in [-0.4, -0.2) is 42.0 Å². The van der Waals surface area contributed by atoms with E-state index in [-0.39, 0.29) is 24.5 Å². The minimum absolute atomic E-state index is 0.0851. The lowest BCUT2D eigenvalue weighted by Gasteiger charge is -2.23. The second-order valence-corrected chi connectivity index (χ2v) is 5.51. The van der Waals surface area contributed by atoms with Crippen molar-refractivity contribution in [1.29, 1.82) is 0 Å². The molecule has 4 nitrogen and oxygen atoms in total. The Balaban J connectivity index is 2.67. The van der Waals surface area contributed by atoms with Crippen molar-refractivity contribution in [2.75, 3.05) is 19.9 Å². The summed E-state index contributed by atoms with van der Waals surface area (Å²) in [4.78, 5) is 13.3. The van der Waals surface area contributed by atoms with Crippen LogP contribution in [0.2, 0.25) is 0 Å². The predicted octanol–water partition coefficient (Wildman–Crippen LogP) is 2.21. The van der Waals surface area contributed by atoms with Gasteiger partial charge < -0.3 is 15.3 Å². The highest BCUT2D eigenvalue weighted by atomic mass is 32.2. The van der Waals surface area contributed by atoms with E-state index in [0.29, 0.717) is 12.3 Å². The van der Waals surface area contributed by atoms with Gasteiger partial charge in [-0.15, -0.1) is 0 Å². The molecular formula is C14H21FN2O2S. The molecule has 1 aromatic carbocycles. The number of benzene rings is 1. The second-order valence-electron chi connectivity index (χ2n) is 4.65. The van der Waals surface area contributed by atoms with Gasteiger partial charge in [0.2, 0.25) is 0 Å². The zero-order chi connectivity index (χ0) is 15.1. The Bertz CT molecular complexity index is 457. The summed E-state index contributed by atoms with van der Waals surface area (Å²) in [5.41, 5.74) is 1.79. The summed E-state index contributed by atoms with van der Waals surface area (Å²) >= 11 is 1.60. The van der Waals surface area contributed by atoms with Crippen molar-refractivity contribution in [2.45, 2.75) is 25.3 Å². The fourth-order valence-electron chi connectivity index (χ4n) is 1.67. The van der Waals surface area contributed by atoms with Crippen molar-refractivity contribution < 1.29 is 14.3 Å². The molecule has 0 saturated heterocycles. The highest BCUT2D eigenvalue weighted by Crippen LogP contribution is 2.16. The molecule has 0 aliphatic carbocycles. The molecule has 1 rings (SSSR count). The molecule has 6 heteroatoms. The number of amides is 2. The summed E-state index contributed by atoms with van der Waals surface area (Å²) < 4.78 is 13.2. The maximum atomic E-state index is 13.2. The van der Waals surface area contributed by atoms with E-state index in [1.807, 2.05) is 6.26 Å². The lowest BCUT2D eigenvalue weighted by Crippen LogP contribution is -2.43. The van der Waals surface area contributed by atoms with E-state index in [0.717, 1.165) is 11.1 Å². The summed E-state index contributed by atoms with van der Waals surface area (Å²) in [6.07, 6.45) is 1.95. The van der Waals surface area contributed by atoms with Crippen LogP contribution in [0.5, 0.6) is 0 Å². The maximum absolute atomic E-state index is 13.2. The molecule has 20 heavy (non-hydrogen) atoms. The molecule has 0 spiro atoms. The Hall–Kier alpha value is -1.27. The van der Waals surface area contributed by atoms with Crippen LogP contribution in [0.15, 0.2) is 18.2 Å². The lowest BCUT2D eigenvalue weighted by molar-refractivity contribution is 0.157. The Kier molecular flexibility index (Phi) is 6.81. The number of rotatable bonds is 6.